The highest BCUT2D eigenvalue weighted by atomic mass is 79.9. The molecule has 0 spiro atoms. The molecule has 1 N–H and O–H groups in total. The van der Waals surface area contributed by atoms with E-state index in [1.54, 1.807) is 0 Å². The van der Waals surface area contributed by atoms with Crippen molar-refractivity contribution < 1.29 is 4.79 Å². The molecule has 0 aliphatic rings. The molecule has 0 aromatic heterocycles. The van der Waals surface area contributed by atoms with Crippen molar-refractivity contribution in [2.45, 2.75) is 20.3 Å². The van der Waals surface area contributed by atoms with E-state index in [1.807, 2.05) is 25.1 Å². The molecule has 0 saturated carbocycles. The van der Waals surface area contributed by atoms with Crippen molar-refractivity contribution in [3.05, 3.63) is 33.8 Å². The van der Waals surface area contributed by atoms with Crippen molar-refractivity contribution in [3.63, 3.8) is 0 Å². The topological polar surface area (TPSA) is 29.1 Å². The monoisotopic (exact) mass is 317 g/mol. The van der Waals surface area contributed by atoms with Crippen LogP contribution in [0.4, 0.5) is 0 Å². The molecule has 4 heteroatoms. The van der Waals surface area contributed by atoms with Gasteiger partial charge in [-0.25, -0.2) is 0 Å². The summed E-state index contributed by atoms with van der Waals surface area (Å²) in [7, 11) is 0. The molecule has 1 aromatic rings. The van der Waals surface area contributed by atoms with E-state index < -0.39 is 0 Å². The number of alkyl halides is 1. The highest BCUT2D eigenvalue weighted by molar-refractivity contribution is 9.10. The number of benzene rings is 1. The highest BCUT2D eigenvalue weighted by Crippen LogP contribution is 2.18. The molecule has 1 rings (SSSR count). The molecule has 0 heterocycles. The van der Waals surface area contributed by atoms with Gasteiger partial charge in [-0.05, 0) is 47.3 Å². The molecule has 1 atom stereocenters. The van der Waals surface area contributed by atoms with Crippen LogP contribution < -0.4 is 5.32 Å². The van der Waals surface area contributed by atoms with Crippen LogP contribution in [0.15, 0.2) is 22.7 Å². The minimum Gasteiger partial charge on any atom is -0.352 e. The van der Waals surface area contributed by atoms with Gasteiger partial charge in [0.2, 0.25) is 0 Å². The van der Waals surface area contributed by atoms with Crippen molar-refractivity contribution in [2.24, 2.45) is 5.92 Å². The number of nitrogens with one attached hydrogen (secondary N) is 1. The number of halogens is 2. The van der Waals surface area contributed by atoms with Gasteiger partial charge in [-0.2, -0.15) is 0 Å². The first-order chi connectivity index (χ1) is 8.04. The summed E-state index contributed by atoms with van der Waals surface area (Å²) < 4.78 is 0.825. The number of hydrogen-bond donors (Lipinski definition) is 1. The van der Waals surface area contributed by atoms with E-state index in [1.165, 1.54) is 0 Å². The minimum atomic E-state index is -0.0398. The lowest BCUT2D eigenvalue weighted by Crippen LogP contribution is -2.28. The van der Waals surface area contributed by atoms with Crippen LogP contribution >= 0.6 is 27.5 Å². The van der Waals surface area contributed by atoms with E-state index in [0.29, 0.717) is 23.9 Å². The van der Waals surface area contributed by atoms with Crippen molar-refractivity contribution in [1.29, 1.82) is 0 Å². The zero-order valence-electron chi connectivity index (χ0n) is 10.1. The zero-order chi connectivity index (χ0) is 12.8. The number of aryl methyl sites for hydroxylation is 1. The molecule has 0 bridgehead atoms. The Balaban J connectivity index is 2.61. The molecule has 0 fully saturated rings. The quantitative estimate of drug-likeness (QED) is 0.823. The van der Waals surface area contributed by atoms with E-state index >= 15 is 0 Å². The second kappa shape index (κ2) is 7.02. The Hall–Kier alpha value is -0.540. The molecule has 0 aliphatic heterocycles. The third-order valence-electron chi connectivity index (χ3n) is 2.58. The Morgan fingerprint density at radius 3 is 2.88 bits per heavy atom. The number of carbonyl (C=O) groups excluding carboxylic acids is 1. The Kier molecular flexibility index (Phi) is 6.00. The number of rotatable bonds is 5. The first-order valence-electron chi connectivity index (χ1n) is 5.65. The Bertz CT molecular complexity index is 395. The fraction of sp³-hybridized carbons (Fsp3) is 0.462. The molecule has 1 aromatic carbocycles. The average Bonchev–Trinajstić information content (AvgIpc) is 2.29. The average molecular weight is 319 g/mol. The summed E-state index contributed by atoms with van der Waals surface area (Å²) in [5.74, 6) is 0.993. The van der Waals surface area contributed by atoms with E-state index in [0.717, 1.165) is 16.5 Å². The fourth-order valence-electron chi connectivity index (χ4n) is 1.46. The number of carbonyl (C=O) groups is 1. The molecular formula is C13H17BrClNO. The van der Waals surface area contributed by atoms with Crippen molar-refractivity contribution in [1.82, 2.24) is 5.32 Å². The second-order valence-corrected chi connectivity index (χ2v) is 5.51. The van der Waals surface area contributed by atoms with E-state index in [9.17, 15) is 4.79 Å². The van der Waals surface area contributed by atoms with Gasteiger partial charge in [0.25, 0.3) is 5.91 Å². The van der Waals surface area contributed by atoms with Gasteiger partial charge < -0.3 is 5.32 Å². The summed E-state index contributed by atoms with van der Waals surface area (Å²) in [6.07, 6.45) is 0.914. The zero-order valence-corrected chi connectivity index (χ0v) is 12.4. The second-order valence-electron chi connectivity index (χ2n) is 4.28. The lowest BCUT2D eigenvalue weighted by atomic mass is 10.1. The molecule has 1 amide bonds. The third kappa shape index (κ3) is 4.68. The highest BCUT2D eigenvalue weighted by Gasteiger charge is 2.11. The maximum Gasteiger partial charge on any atom is 0.252 e. The van der Waals surface area contributed by atoms with Gasteiger partial charge in [-0.15, -0.1) is 11.6 Å². The van der Waals surface area contributed by atoms with Crippen LogP contribution in [0.2, 0.25) is 0 Å². The van der Waals surface area contributed by atoms with Gasteiger partial charge in [0, 0.05) is 16.9 Å². The SMILES string of the molecule is Cc1ccc(Br)c(C(=O)NCC(C)CCCl)c1. The number of hydrogen-bond acceptors (Lipinski definition) is 1. The summed E-state index contributed by atoms with van der Waals surface area (Å²) >= 11 is 9.04. The van der Waals surface area contributed by atoms with Gasteiger partial charge >= 0.3 is 0 Å². The molecule has 0 aliphatic carbocycles. The molecule has 17 heavy (non-hydrogen) atoms. The van der Waals surface area contributed by atoms with Gasteiger partial charge in [-0.1, -0.05) is 18.6 Å². The van der Waals surface area contributed by atoms with Gasteiger partial charge in [0.1, 0.15) is 0 Å². The van der Waals surface area contributed by atoms with Gasteiger partial charge in [0.05, 0.1) is 5.56 Å². The summed E-state index contributed by atoms with van der Waals surface area (Å²) in [5.41, 5.74) is 1.76. The predicted molar refractivity (Wildman–Crippen MR) is 75.7 cm³/mol. The molecule has 1 unspecified atom stereocenters. The minimum absolute atomic E-state index is 0.0398. The maximum atomic E-state index is 12.0. The summed E-state index contributed by atoms with van der Waals surface area (Å²) in [4.78, 5) is 12.0. The molecule has 94 valence electrons. The third-order valence-corrected chi connectivity index (χ3v) is 3.49. The maximum absolute atomic E-state index is 12.0. The molecule has 0 saturated heterocycles. The van der Waals surface area contributed by atoms with Crippen LogP contribution in [0.25, 0.3) is 0 Å². The normalized spacial score (nSPS) is 12.2. The first kappa shape index (κ1) is 14.5. The first-order valence-corrected chi connectivity index (χ1v) is 6.97. The summed E-state index contributed by atoms with van der Waals surface area (Å²) in [5, 5.41) is 2.92. The smallest absolute Gasteiger partial charge is 0.252 e. The Morgan fingerprint density at radius 2 is 2.24 bits per heavy atom. The van der Waals surface area contributed by atoms with Crippen LogP contribution in [-0.4, -0.2) is 18.3 Å². The lowest BCUT2D eigenvalue weighted by Gasteiger charge is -2.12. The van der Waals surface area contributed by atoms with Crippen LogP contribution in [0, 0.1) is 12.8 Å². The standard InChI is InChI=1S/C13H17BrClNO/c1-9-3-4-12(14)11(7-9)13(17)16-8-10(2)5-6-15/h3-4,7,10H,5-6,8H2,1-2H3,(H,16,17). The fourth-order valence-corrected chi connectivity index (χ4v) is 2.26. The Morgan fingerprint density at radius 1 is 1.53 bits per heavy atom. The lowest BCUT2D eigenvalue weighted by molar-refractivity contribution is 0.0947. The Labute approximate surface area is 116 Å². The van der Waals surface area contributed by atoms with Crippen LogP contribution in [0.1, 0.15) is 29.3 Å². The van der Waals surface area contributed by atoms with Gasteiger partial charge in [0.15, 0.2) is 0 Å². The van der Waals surface area contributed by atoms with Crippen LogP contribution in [-0.2, 0) is 0 Å². The molecule has 0 radical (unpaired) electrons. The van der Waals surface area contributed by atoms with E-state index in [2.05, 4.69) is 28.2 Å². The number of amides is 1. The van der Waals surface area contributed by atoms with Crippen LogP contribution in [0.5, 0.6) is 0 Å². The molecule has 2 nitrogen and oxygen atoms in total. The van der Waals surface area contributed by atoms with Gasteiger partial charge in [-0.3, -0.25) is 4.79 Å². The van der Waals surface area contributed by atoms with Crippen molar-refractivity contribution >= 4 is 33.4 Å². The largest absolute Gasteiger partial charge is 0.352 e. The van der Waals surface area contributed by atoms with Crippen molar-refractivity contribution in [3.8, 4) is 0 Å². The molecular weight excluding hydrogens is 302 g/mol. The summed E-state index contributed by atoms with van der Waals surface area (Å²) in [6.45, 7) is 4.71. The van der Waals surface area contributed by atoms with E-state index in [4.69, 9.17) is 11.6 Å². The van der Waals surface area contributed by atoms with Crippen LogP contribution in [0.3, 0.4) is 0 Å². The summed E-state index contributed by atoms with van der Waals surface area (Å²) in [6, 6.07) is 5.75. The van der Waals surface area contributed by atoms with E-state index in [-0.39, 0.29) is 5.91 Å². The van der Waals surface area contributed by atoms with Crippen molar-refractivity contribution in [2.75, 3.05) is 12.4 Å². The predicted octanol–water partition coefficient (Wildman–Crippen LogP) is 3.75.